The number of nitrogens with two attached hydrogens (primary N) is 5. The summed E-state index contributed by atoms with van der Waals surface area (Å²) in [5.74, 6) is -5.51. The van der Waals surface area contributed by atoms with Crippen molar-refractivity contribution >= 4 is 52.4 Å². The summed E-state index contributed by atoms with van der Waals surface area (Å²) in [6.07, 6.45) is 0.967. The normalized spacial score (nSPS) is 13.6. The van der Waals surface area contributed by atoms with Crippen LogP contribution in [0.1, 0.15) is 44.1 Å². The minimum atomic E-state index is -1.47. The number of nitrogens with zero attached hydrogens (tertiary/aromatic N) is 1. The van der Waals surface area contributed by atoms with Gasteiger partial charge in [-0.1, -0.05) is 18.2 Å². The highest BCUT2D eigenvalue weighted by atomic mass is 16.4. The summed E-state index contributed by atoms with van der Waals surface area (Å²) in [7, 11) is 0. The van der Waals surface area contributed by atoms with E-state index in [0.29, 0.717) is 0 Å². The fourth-order valence-electron chi connectivity index (χ4n) is 4.33. The van der Waals surface area contributed by atoms with E-state index in [1.165, 1.54) is 0 Å². The average molecular weight is 617 g/mol. The first-order valence-corrected chi connectivity index (χ1v) is 13.8. The molecule has 44 heavy (non-hydrogen) atoms. The maximum absolute atomic E-state index is 13.3. The number of aromatic nitrogens is 1. The Bertz CT molecular complexity index is 1370. The number of fused-ring (bicyclic) bond motifs is 1. The Morgan fingerprint density at radius 1 is 0.795 bits per heavy atom. The number of para-hydroxylation sites is 1. The smallest absolute Gasteiger partial charge is 0.326 e. The van der Waals surface area contributed by atoms with Gasteiger partial charge in [-0.2, -0.15) is 0 Å². The maximum Gasteiger partial charge on any atom is 0.326 e. The van der Waals surface area contributed by atoms with Gasteiger partial charge in [0.1, 0.15) is 18.1 Å². The van der Waals surface area contributed by atoms with Gasteiger partial charge in [0.25, 0.3) is 0 Å². The Morgan fingerprint density at radius 2 is 1.34 bits per heavy atom. The van der Waals surface area contributed by atoms with Gasteiger partial charge >= 0.3 is 5.97 Å². The van der Waals surface area contributed by atoms with Crippen molar-refractivity contribution < 1.29 is 33.9 Å². The van der Waals surface area contributed by atoms with Crippen molar-refractivity contribution in [1.29, 1.82) is 0 Å². The minimum Gasteiger partial charge on any atom is -0.480 e. The largest absolute Gasteiger partial charge is 0.480 e. The van der Waals surface area contributed by atoms with Gasteiger partial charge in [0, 0.05) is 36.5 Å². The molecular formula is C27H40N10O7. The number of hydrogen-bond acceptors (Lipinski definition) is 8. The van der Waals surface area contributed by atoms with Crippen LogP contribution in [0.3, 0.4) is 0 Å². The van der Waals surface area contributed by atoms with E-state index in [1.807, 2.05) is 24.3 Å². The molecule has 0 radical (unpaired) electrons. The molecule has 17 nitrogen and oxygen atoms in total. The zero-order valence-corrected chi connectivity index (χ0v) is 24.1. The second-order valence-electron chi connectivity index (χ2n) is 10.2. The lowest BCUT2D eigenvalue weighted by atomic mass is 10.0. The number of carboxylic acid groups (broad SMARTS) is 1. The molecule has 0 aliphatic heterocycles. The van der Waals surface area contributed by atoms with E-state index in [0.717, 1.165) is 16.5 Å². The van der Waals surface area contributed by atoms with Crippen LogP contribution in [0, 0.1) is 0 Å². The van der Waals surface area contributed by atoms with E-state index in [9.17, 15) is 33.9 Å². The van der Waals surface area contributed by atoms with E-state index in [1.54, 1.807) is 6.20 Å². The van der Waals surface area contributed by atoms with Gasteiger partial charge in [-0.05, 0) is 43.7 Å². The predicted octanol–water partition coefficient (Wildman–Crippen LogP) is -2.84. The van der Waals surface area contributed by atoms with E-state index in [-0.39, 0.29) is 57.5 Å². The number of carbonyl (C=O) groups excluding carboxylic acids is 5. The van der Waals surface area contributed by atoms with Crippen LogP contribution in [-0.4, -0.2) is 82.3 Å². The third kappa shape index (κ3) is 11.6. The maximum atomic E-state index is 13.3. The van der Waals surface area contributed by atoms with Crippen molar-refractivity contribution in [3.8, 4) is 0 Å². The molecule has 17 heteroatoms. The molecule has 4 unspecified atom stereocenters. The summed E-state index contributed by atoms with van der Waals surface area (Å²) in [4.78, 5) is 80.7. The number of primary amides is 2. The molecule has 4 atom stereocenters. The minimum absolute atomic E-state index is 0.0346. The molecule has 0 aliphatic carbocycles. The molecule has 1 aromatic heterocycles. The van der Waals surface area contributed by atoms with Gasteiger partial charge in [0.15, 0.2) is 5.96 Å². The van der Waals surface area contributed by atoms with Gasteiger partial charge in [-0.25, -0.2) is 4.79 Å². The SMILES string of the molecule is NC(=O)CCC(NC(=O)C(CCCN=C(N)N)NC(=O)C(CCC(N)=O)NC(=O)C(N)Cc1c[nH]c2ccccc12)C(=O)O. The summed E-state index contributed by atoms with van der Waals surface area (Å²) in [5.41, 5.74) is 28.8. The van der Waals surface area contributed by atoms with Crippen LogP contribution in [0.2, 0.25) is 0 Å². The topological polar surface area (TPSA) is 317 Å². The van der Waals surface area contributed by atoms with E-state index in [4.69, 9.17) is 28.7 Å². The second-order valence-corrected chi connectivity index (χ2v) is 10.2. The number of H-pyrrole nitrogens is 1. The number of aliphatic carboxylic acids is 1. The monoisotopic (exact) mass is 616 g/mol. The zero-order valence-electron chi connectivity index (χ0n) is 24.1. The summed E-state index contributed by atoms with van der Waals surface area (Å²) >= 11 is 0. The number of aromatic amines is 1. The highest BCUT2D eigenvalue weighted by molar-refractivity contribution is 5.95. The molecule has 1 heterocycles. The van der Waals surface area contributed by atoms with Gasteiger partial charge in [0.05, 0.1) is 6.04 Å². The number of aliphatic imine (C=N–C) groups is 1. The summed E-state index contributed by atoms with van der Waals surface area (Å²) in [6.45, 7) is 0.0938. The second kappa shape index (κ2) is 17.1. The van der Waals surface area contributed by atoms with Crippen LogP contribution in [0.5, 0.6) is 0 Å². The van der Waals surface area contributed by atoms with Crippen molar-refractivity contribution in [2.75, 3.05) is 6.54 Å². The van der Waals surface area contributed by atoms with Crippen LogP contribution in [0.25, 0.3) is 10.9 Å². The highest BCUT2D eigenvalue weighted by Crippen LogP contribution is 2.19. The Hall–Kier alpha value is -5.19. The highest BCUT2D eigenvalue weighted by Gasteiger charge is 2.30. The lowest BCUT2D eigenvalue weighted by Gasteiger charge is -2.25. The average Bonchev–Trinajstić information content (AvgIpc) is 3.36. The molecule has 240 valence electrons. The summed E-state index contributed by atoms with van der Waals surface area (Å²) < 4.78 is 0. The Balaban J connectivity index is 2.19. The predicted molar refractivity (Wildman–Crippen MR) is 160 cm³/mol. The summed E-state index contributed by atoms with van der Waals surface area (Å²) in [6, 6.07) is 2.27. The van der Waals surface area contributed by atoms with Crippen molar-refractivity contribution in [3.63, 3.8) is 0 Å². The van der Waals surface area contributed by atoms with E-state index in [2.05, 4.69) is 25.9 Å². The van der Waals surface area contributed by atoms with Crippen LogP contribution in [0.4, 0.5) is 0 Å². The molecule has 0 aliphatic rings. The fourth-order valence-corrected chi connectivity index (χ4v) is 4.33. The Morgan fingerprint density at radius 3 is 1.93 bits per heavy atom. The van der Waals surface area contributed by atoms with Crippen LogP contribution in [-0.2, 0) is 35.2 Å². The van der Waals surface area contributed by atoms with Gasteiger partial charge in [-0.3, -0.25) is 29.0 Å². The third-order valence-corrected chi connectivity index (χ3v) is 6.64. The number of carboxylic acids is 1. The van der Waals surface area contributed by atoms with Gasteiger partial charge in [-0.15, -0.1) is 0 Å². The molecule has 0 saturated carbocycles. The molecule has 15 N–H and O–H groups in total. The van der Waals surface area contributed by atoms with Crippen molar-refractivity contribution in [3.05, 3.63) is 36.0 Å². The molecule has 0 saturated heterocycles. The number of nitrogens with one attached hydrogen (secondary N) is 4. The zero-order chi connectivity index (χ0) is 32.8. The van der Waals surface area contributed by atoms with Crippen LogP contribution in [0.15, 0.2) is 35.5 Å². The first-order chi connectivity index (χ1) is 20.8. The van der Waals surface area contributed by atoms with Crippen LogP contribution < -0.4 is 44.6 Å². The number of carbonyl (C=O) groups is 6. The summed E-state index contributed by atoms with van der Waals surface area (Å²) in [5, 5.41) is 17.7. The number of guanidine groups is 1. The molecule has 5 amide bonds. The Kier molecular flexibility index (Phi) is 13.6. The number of amides is 5. The molecule has 0 bridgehead atoms. The van der Waals surface area contributed by atoms with E-state index < -0.39 is 59.7 Å². The van der Waals surface area contributed by atoms with Crippen LogP contribution >= 0.6 is 0 Å². The number of rotatable bonds is 19. The first-order valence-electron chi connectivity index (χ1n) is 13.8. The van der Waals surface area contributed by atoms with Crippen molar-refractivity contribution in [2.45, 2.75) is 69.1 Å². The number of hydrogen-bond donors (Lipinski definition) is 10. The molecule has 1 aromatic carbocycles. The van der Waals surface area contributed by atoms with Crippen molar-refractivity contribution in [2.24, 2.45) is 33.7 Å². The quantitative estimate of drug-likeness (QED) is 0.0438. The standard InChI is InChI=1S/C27H40N10O7/c28-16(12-14-13-34-17-5-2-1-4-15(14)17)23(40)35-19(7-9-21(29)38)25(42)36-18(6-3-11-33-27(31)32)24(41)37-20(26(43)44)8-10-22(30)39/h1-2,4-5,13,16,18-20,34H,3,6-12,28H2,(H2,29,38)(H2,30,39)(H,35,40)(H,36,42)(H,37,41)(H,43,44)(H4,31,32,33). The third-order valence-electron chi connectivity index (χ3n) is 6.64. The molecule has 0 spiro atoms. The number of benzene rings is 1. The van der Waals surface area contributed by atoms with Crippen molar-refractivity contribution in [1.82, 2.24) is 20.9 Å². The lowest BCUT2D eigenvalue weighted by molar-refractivity contribution is -0.142. The Labute approximate surface area is 252 Å². The first kappa shape index (κ1) is 35.0. The molecule has 2 rings (SSSR count). The molecule has 2 aromatic rings. The lowest BCUT2D eigenvalue weighted by Crippen LogP contribution is -2.57. The van der Waals surface area contributed by atoms with E-state index >= 15 is 0 Å². The van der Waals surface area contributed by atoms with Gasteiger partial charge < -0.3 is 54.7 Å². The molecular weight excluding hydrogens is 576 g/mol. The van der Waals surface area contributed by atoms with Gasteiger partial charge in [0.2, 0.25) is 29.5 Å². The fraction of sp³-hybridized carbons (Fsp3) is 0.444. The molecule has 0 fully saturated rings.